The molecule has 0 aromatic heterocycles. The van der Waals surface area contributed by atoms with E-state index < -0.39 is 15.8 Å². The van der Waals surface area contributed by atoms with Crippen LogP contribution in [-0.2, 0) is 16.6 Å². The predicted octanol–water partition coefficient (Wildman–Crippen LogP) is 2.14. The smallest absolute Gasteiger partial charge is 0.240 e. The van der Waals surface area contributed by atoms with E-state index in [9.17, 15) is 12.8 Å². The second-order valence-electron chi connectivity index (χ2n) is 5.36. The summed E-state index contributed by atoms with van der Waals surface area (Å²) < 4.78 is 40.7. The van der Waals surface area contributed by atoms with E-state index in [0.29, 0.717) is 5.92 Å². The van der Waals surface area contributed by atoms with Gasteiger partial charge in [-0.2, -0.15) is 0 Å². The highest BCUT2D eigenvalue weighted by atomic mass is 32.2. The van der Waals surface area contributed by atoms with Gasteiger partial charge in [0.05, 0.1) is 4.90 Å². The van der Waals surface area contributed by atoms with Crippen molar-refractivity contribution in [3.63, 3.8) is 0 Å². The third kappa shape index (κ3) is 3.77. The molecule has 0 bridgehead atoms. The van der Waals surface area contributed by atoms with Gasteiger partial charge >= 0.3 is 0 Å². The first-order chi connectivity index (χ1) is 9.46. The quantitative estimate of drug-likeness (QED) is 0.810. The maximum atomic E-state index is 13.4. The summed E-state index contributed by atoms with van der Waals surface area (Å²) in [7, 11) is -3.61. The van der Waals surface area contributed by atoms with Crippen LogP contribution in [0.15, 0.2) is 23.1 Å². The van der Waals surface area contributed by atoms with Gasteiger partial charge in [0, 0.05) is 18.2 Å². The average molecular weight is 300 g/mol. The van der Waals surface area contributed by atoms with Gasteiger partial charge in [0.2, 0.25) is 10.0 Å². The third-order valence-corrected chi connectivity index (χ3v) is 5.19. The summed E-state index contributed by atoms with van der Waals surface area (Å²) in [4.78, 5) is 0.0774. The van der Waals surface area contributed by atoms with Crippen molar-refractivity contribution in [3.05, 3.63) is 29.6 Å². The zero-order valence-electron chi connectivity index (χ0n) is 11.6. The van der Waals surface area contributed by atoms with Crippen molar-refractivity contribution in [2.24, 2.45) is 11.7 Å². The van der Waals surface area contributed by atoms with Crippen LogP contribution in [0, 0.1) is 11.7 Å². The Kier molecular flexibility index (Phi) is 4.78. The number of benzene rings is 1. The molecule has 3 N–H and O–H groups in total. The zero-order chi connectivity index (χ0) is 14.8. The number of sulfonamides is 1. The predicted molar refractivity (Wildman–Crippen MR) is 76.0 cm³/mol. The van der Waals surface area contributed by atoms with Gasteiger partial charge in [-0.3, -0.25) is 0 Å². The van der Waals surface area contributed by atoms with Crippen molar-refractivity contribution in [1.29, 1.82) is 0 Å². The lowest BCUT2D eigenvalue weighted by molar-refractivity contribution is 0.495. The van der Waals surface area contributed by atoms with Crippen LogP contribution in [-0.4, -0.2) is 14.5 Å². The Labute approximate surface area is 119 Å². The fraction of sp³-hybridized carbons (Fsp3) is 0.571. The maximum absolute atomic E-state index is 13.4. The normalized spacial score (nSPS) is 17.1. The van der Waals surface area contributed by atoms with E-state index in [1.165, 1.54) is 25.0 Å². The SMILES string of the molecule is CCC(CC1CC1)NS(=O)(=O)c1ccc(F)c(CN)c1. The Morgan fingerprint density at radius 3 is 2.70 bits per heavy atom. The van der Waals surface area contributed by atoms with Gasteiger partial charge in [0.1, 0.15) is 5.82 Å². The number of halogens is 1. The Bertz CT molecular complexity index is 571. The van der Waals surface area contributed by atoms with Crippen LogP contribution in [0.1, 0.15) is 38.2 Å². The highest BCUT2D eigenvalue weighted by Gasteiger charge is 2.27. The molecule has 4 nitrogen and oxygen atoms in total. The molecule has 0 radical (unpaired) electrons. The number of hydrogen-bond acceptors (Lipinski definition) is 3. The number of nitrogens with two attached hydrogens (primary N) is 1. The molecule has 0 amide bonds. The molecule has 0 heterocycles. The van der Waals surface area contributed by atoms with Gasteiger partial charge in [0.25, 0.3) is 0 Å². The van der Waals surface area contributed by atoms with Gasteiger partial charge in [-0.05, 0) is 37.0 Å². The number of nitrogens with one attached hydrogen (secondary N) is 1. The molecule has 0 saturated heterocycles. The van der Waals surface area contributed by atoms with Gasteiger partial charge in [-0.25, -0.2) is 17.5 Å². The minimum absolute atomic E-state index is 0.0194. The number of rotatable bonds is 7. The number of hydrogen-bond donors (Lipinski definition) is 2. The summed E-state index contributed by atoms with van der Waals surface area (Å²) in [5.74, 6) is 0.173. The lowest BCUT2D eigenvalue weighted by Crippen LogP contribution is -2.34. The first-order valence-corrected chi connectivity index (χ1v) is 8.45. The molecule has 1 aliphatic rings. The van der Waals surface area contributed by atoms with E-state index in [0.717, 1.165) is 18.9 Å². The first-order valence-electron chi connectivity index (χ1n) is 6.97. The third-order valence-electron chi connectivity index (χ3n) is 3.68. The van der Waals surface area contributed by atoms with Crippen LogP contribution in [0.3, 0.4) is 0 Å². The van der Waals surface area contributed by atoms with E-state index in [1.54, 1.807) is 0 Å². The zero-order valence-corrected chi connectivity index (χ0v) is 12.4. The molecule has 6 heteroatoms. The molecule has 1 aromatic rings. The van der Waals surface area contributed by atoms with Crippen LogP contribution in [0.25, 0.3) is 0 Å². The molecule has 0 aliphatic heterocycles. The Morgan fingerprint density at radius 2 is 2.15 bits per heavy atom. The van der Waals surface area contributed by atoms with Crippen LogP contribution in [0.5, 0.6) is 0 Å². The van der Waals surface area contributed by atoms with E-state index >= 15 is 0 Å². The average Bonchev–Trinajstić information content (AvgIpc) is 3.22. The van der Waals surface area contributed by atoms with Crippen molar-refractivity contribution >= 4 is 10.0 Å². The largest absolute Gasteiger partial charge is 0.326 e. The molecule has 20 heavy (non-hydrogen) atoms. The Morgan fingerprint density at radius 1 is 1.45 bits per heavy atom. The molecular formula is C14H21FN2O2S. The summed E-state index contributed by atoms with van der Waals surface area (Å²) in [6.45, 7) is 1.94. The summed E-state index contributed by atoms with van der Waals surface area (Å²) in [5, 5.41) is 0. The van der Waals surface area contributed by atoms with Crippen molar-refractivity contribution in [2.45, 2.75) is 50.1 Å². The van der Waals surface area contributed by atoms with Crippen molar-refractivity contribution < 1.29 is 12.8 Å². The van der Waals surface area contributed by atoms with Gasteiger partial charge in [-0.15, -0.1) is 0 Å². The highest BCUT2D eigenvalue weighted by molar-refractivity contribution is 7.89. The fourth-order valence-corrected chi connectivity index (χ4v) is 3.60. The first kappa shape index (κ1) is 15.4. The van der Waals surface area contributed by atoms with Gasteiger partial charge < -0.3 is 5.73 Å². The highest BCUT2D eigenvalue weighted by Crippen LogP contribution is 2.34. The summed E-state index contributed by atoms with van der Waals surface area (Å²) in [6.07, 6.45) is 4.00. The van der Waals surface area contributed by atoms with Crippen LogP contribution < -0.4 is 10.5 Å². The second-order valence-corrected chi connectivity index (χ2v) is 7.08. The minimum atomic E-state index is -3.61. The second kappa shape index (κ2) is 6.20. The Hall–Kier alpha value is -0.980. The lowest BCUT2D eigenvalue weighted by atomic mass is 10.1. The summed E-state index contributed by atoms with van der Waals surface area (Å²) in [5.41, 5.74) is 5.62. The minimum Gasteiger partial charge on any atom is -0.326 e. The molecule has 1 unspecified atom stereocenters. The van der Waals surface area contributed by atoms with E-state index in [2.05, 4.69) is 4.72 Å². The van der Waals surface area contributed by atoms with E-state index in [4.69, 9.17) is 5.73 Å². The summed E-state index contributed by atoms with van der Waals surface area (Å²) >= 11 is 0. The topological polar surface area (TPSA) is 72.2 Å². The molecule has 1 aliphatic carbocycles. The molecule has 2 rings (SSSR count). The monoisotopic (exact) mass is 300 g/mol. The molecular weight excluding hydrogens is 279 g/mol. The van der Waals surface area contributed by atoms with Crippen LogP contribution in [0.4, 0.5) is 4.39 Å². The van der Waals surface area contributed by atoms with E-state index in [1.807, 2.05) is 6.92 Å². The van der Waals surface area contributed by atoms with E-state index in [-0.39, 0.29) is 23.0 Å². The molecule has 1 aromatic carbocycles. The van der Waals surface area contributed by atoms with Crippen molar-refractivity contribution in [2.75, 3.05) is 0 Å². The molecule has 0 spiro atoms. The van der Waals surface area contributed by atoms with Crippen molar-refractivity contribution in [1.82, 2.24) is 4.72 Å². The van der Waals surface area contributed by atoms with Gasteiger partial charge in [-0.1, -0.05) is 19.8 Å². The Balaban J connectivity index is 2.15. The van der Waals surface area contributed by atoms with Crippen LogP contribution in [0.2, 0.25) is 0 Å². The maximum Gasteiger partial charge on any atom is 0.240 e. The van der Waals surface area contributed by atoms with Crippen LogP contribution >= 0.6 is 0 Å². The standard InChI is InChI=1S/C14H21FN2O2S/c1-2-12(7-10-3-4-10)17-20(18,19)13-5-6-14(15)11(8-13)9-16/h5-6,8,10,12,17H,2-4,7,9,16H2,1H3. The summed E-state index contributed by atoms with van der Waals surface area (Å²) in [6, 6.07) is 3.68. The molecule has 1 atom stereocenters. The van der Waals surface area contributed by atoms with Crippen molar-refractivity contribution in [3.8, 4) is 0 Å². The molecule has 112 valence electrons. The lowest BCUT2D eigenvalue weighted by Gasteiger charge is -2.17. The molecule has 1 saturated carbocycles. The van der Waals surface area contributed by atoms with Gasteiger partial charge in [0.15, 0.2) is 0 Å². The fourth-order valence-electron chi connectivity index (χ4n) is 2.22. The molecule has 1 fully saturated rings.